The van der Waals surface area contributed by atoms with E-state index in [1.165, 1.54) is 19.4 Å². The van der Waals surface area contributed by atoms with Gasteiger partial charge in [0.05, 0.1) is 6.10 Å². The molecule has 1 fully saturated rings. The van der Waals surface area contributed by atoms with Crippen molar-refractivity contribution in [3.63, 3.8) is 0 Å². The van der Waals surface area contributed by atoms with Crippen LogP contribution in [0.2, 0.25) is 0 Å². The Balaban J connectivity index is 2.53. The number of nitrogens with zero attached hydrogens (tertiary/aromatic N) is 1. The molecule has 108 valence electrons. The van der Waals surface area contributed by atoms with Crippen LogP contribution in [0.4, 0.5) is 0 Å². The third kappa shape index (κ3) is 4.52. The van der Waals surface area contributed by atoms with Gasteiger partial charge in [-0.2, -0.15) is 0 Å². The number of piperazine rings is 1. The molecule has 1 heterocycles. The fraction of sp³-hybridized carbons (Fsp3) is 1.00. The van der Waals surface area contributed by atoms with Gasteiger partial charge in [0, 0.05) is 38.3 Å². The van der Waals surface area contributed by atoms with Crippen molar-refractivity contribution in [2.45, 2.75) is 65.6 Å². The molecule has 0 saturated carbocycles. The molecule has 1 saturated heterocycles. The van der Waals surface area contributed by atoms with Gasteiger partial charge < -0.3 is 10.1 Å². The molecule has 1 aliphatic heterocycles. The minimum Gasteiger partial charge on any atom is -0.377 e. The van der Waals surface area contributed by atoms with Gasteiger partial charge in [0.15, 0.2) is 0 Å². The van der Waals surface area contributed by atoms with Crippen LogP contribution in [-0.4, -0.2) is 49.3 Å². The van der Waals surface area contributed by atoms with Crippen LogP contribution >= 0.6 is 0 Å². The predicted octanol–water partition coefficient (Wildman–Crippen LogP) is 2.51. The molecule has 1 N–H and O–H groups in total. The lowest BCUT2D eigenvalue weighted by atomic mass is 9.94. The molecule has 4 atom stereocenters. The largest absolute Gasteiger partial charge is 0.377 e. The molecule has 0 amide bonds. The van der Waals surface area contributed by atoms with Gasteiger partial charge in [0.25, 0.3) is 0 Å². The van der Waals surface area contributed by atoms with Crippen molar-refractivity contribution >= 4 is 0 Å². The highest BCUT2D eigenvalue weighted by atomic mass is 16.5. The minimum atomic E-state index is 0.347. The summed E-state index contributed by atoms with van der Waals surface area (Å²) < 4.78 is 5.70. The second-order valence-electron chi connectivity index (χ2n) is 5.68. The first kappa shape index (κ1) is 15.9. The summed E-state index contributed by atoms with van der Waals surface area (Å²) in [5.41, 5.74) is 0. The van der Waals surface area contributed by atoms with E-state index in [-0.39, 0.29) is 0 Å². The third-order valence-corrected chi connectivity index (χ3v) is 4.31. The van der Waals surface area contributed by atoms with Crippen molar-refractivity contribution in [2.24, 2.45) is 5.92 Å². The van der Waals surface area contributed by atoms with Gasteiger partial charge in [-0.25, -0.2) is 0 Å². The van der Waals surface area contributed by atoms with Gasteiger partial charge in [-0.1, -0.05) is 27.2 Å². The number of ether oxygens (including phenoxy) is 1. The van der Waals surface area contributed by atoms with Crippen LogP contribution in [0.3, 0.4) is 0 Å². The summed E-state index contributed by atoms with van der Waals surface area (Å²) in [6.07, 6.45) is 2.82. The number of hydrogen-bond donors (Lipinski definition) is 1. The van der Waals surface area contributed by atoms with Crippen LogP contribution in [-0.2, 0) is 4.74 Å². The average molecular weight is 256 g/mol. The van der Waals surface area contributed by atoms with E-state index in [4.69, 9.17) is 4.74 Å². The highest BCUT2D eigenvalue weighted by Gasteiger charge is 2.29. The highest BCUT2D eigenvalue weighted by Crippen LogP contribution is 2.17. The van der Waals surface area contributed by atoms with E-state index in [0.29, 0.717) is 18.2 Å². The fourth-order valence-electron chi connectivity index (χ4n) is 2.84. The summed E-state index contributed by atoms with van der Waals surface area (Å²) in [6.45, 7) is 15.4. The molecule has 0 aliphatic carbocycles. The standard InChI is InChI=1S/C15H32N2O/c1-6-12(4)15-11-17(10-13(5)18-8-3)14(7-2)9-16-15/h12-16H,6-11H2,1-5H3. The predicted molar refractivity (Wildman–Crippen MR) is 78.0 cm³/mol. The Bertz CT molecular complexity index is 223. The second-order valence-corrected chi connectivity index (χ2v) is 5.68. The molecule has 0 radical (unpaired) electrons. The summed E-state index contributed by atoms with van der Waals surface area (Å²) >= 11 is 0. The lowest BCUT2D eigenvalue weighted by Gasteiger charge is -2.43. The molecule has 4 unspecified atom stereocenters. The summed E-state index contributed by atoms with van der Waals surface area (Å²) in [5.74, 6) is 0.757. The Labute approximate surface area is 113 Å². The van der Waals surface area contributed by atoms with Gasteiger partial charge >= 0.3 is 0 Å². The van der Waals surface area contributed by atoms with Gasteiger partial charge in [0.1, 0.15) is 0 Å². The Morgan fingerprint density at radius 3 is 2.56 bits per heavy atom. The van der Waals surface area contributed by atoms with E-state index in [0.717, 1.165) is 25.6 Å². The SMILES string of the molecule is CCOC(C)CN1CC(C(C)CC)NCC1CC. The van der Waals surface area contributed by atoms with Crippen molar-refractivity contribution in [3.8, 4) is 0 Å². The smallest absolute Gasteiger partial charge is 0.0673 e. The Morgan fingerprint density at radius 2 is 2.00 bits per heavy atom. The maximum Gasteiger partial charge on any atom is 0.0673 e. The number of rotatable bonds is 7. The van der Waals surface area contributed by atoms with Crippen LogP contribution in [0.25, 0.3) is 0 Å². The van der Waals surface area contributed by atoms with Crippen molar-refractivity contribution in [3.05, 3.63) is 0 Å². The van der Waals surface area contributed by atoms with Crippen LogP contribution in [0.15, 0.2) is 0 Å². The van der Waals surface area contributed by atoms with Crippen LogP contribution in [0, 0.1) is 5.92 Å². The van der Waals surface area contributed by atoms with E-state index in [9.17, 15) is 0 Å². The van der Waals surface area contributed by atoms with E-state index < -0.39 is 0 Å². The minimum absolute atomic E-state index is 0.347. The van der Waals surface area contributed by atoms with Crippen molar-refractivity contribution in [2.75, 3.05) is 26.2 Å². The summed E-state index contributed by atoms with van der Waals surface area (Å²) in [7, 11) is 0. The van der Waals surface area contributed by atoms with Crippen LogP contribution < -0.4 is 5.32 Å². The summed E-state index contributed by atoms with van der Waals surface area (Å²) in [6, 6.07) is 1.32. The Kier molecular flexibility index (Phi) is 7.20. The van der Waals surface area contributed by atoms with Crippen molar-refractivity contribution < 1.29 is 4.74 Å². The van der Waals surface area contributed by atoms with Gasteiger partial charge in [-0.15, -0.1) is 0 Å². The fourth-order valence-corrected chi connectivity index (χ4v) is 2.84. The Hall–Kier alpha value is -0.120. The first-order chi connectivity index (χ1) is 8.62. The molecule has 0 bridgehead atoms. The van der Waals surface area contributed by atoms with Crippen LogP contribution in [0.1, 0.15) is 47.5 Å². The maximum absolute atomic E-state index is 5.70. The summed E-state index contributed by atoms with van der Waals surface area (Å²) in [4.78, 5) is 2.63. The molecular formula is C15H32N2O. The first-order valence-corrected chi connectivity index (χ1v) is 7.71. The third-order valence-electron chi connectivity index (χ3n) is 4.31. The van der Waals surface area contributed by atoms with Crippen LogP contribution in [0.5, 0.6) is 0 Å². The molecule has 0 aromatic carbocycles. The summed E-state index contributed by atoms with van der Waals surface area (Å²) in [5, 5.41) is 3.72. The maximum atomic E-state index is 5.70. The van der Waals surface area contributed by atoms with E-state index >= 15 is 0 Å². The molecule has 3 heteroatoms. The van der Waals surface area contributed by atoms with E-state index in [1.54, 1.807) is 0 Å². The van der Waals surface area contributed by atoms with Gasteiger partial charge in [0.2, 0.25) is 0 Å². The molecule has 1 rings (SSSR count). The highest BCUT2D eigenvalue weighted by molar-refractivity contribution is 4.88. The van der Waals surface area contributed by atoms with Crippen molar-refractivity contribution in [1.82, 2.24) is 10.2 Å². The molecule has 1 aliphatic rings. The van der Waals surface area contributed by atoms with E-state index in [1.807, 2.05) is 0 Å². The molecule has 0 aromatic heterocycles. The normalized spacial score (nSPS) is 29.2. The average Bonchev–Trinajstić information content (AvgIpc) is 2.38. The van der Waals surface area contributed by atoms with Gasteiger partial charge in [-0.05, 0) is 26.2 Å². The molecular weight excluding hydrogens is 224 g/mol. The quantitative estimate of drug-likeness (QED) is 0.757. The zero-order valence-electron chi connectivity index (χ0n) is 12.9. The number of nitrogens with one attached hydrogen (secondary N) is 1. The molecule has 18 heavy (non-hydrogen) atoms. The zero-order chi connectivity index (χ0) is 13.5. The van der Waals surface area contributed by atoms with E-state index in [2.05, 4.69) is 44.8 Å². The lowest BCUT2D eigenvalue weighted by Crippen LogP contribution is -2.59. The second kappa shape index (κ2) is 8.13. The monoisotopic (exact) mass is 256 g/mol. The molecule has 0 aromatic rings. The topological polar surface area (TPSA) is 24.5 Å². The van der Waals surface area contributed by atoms with Crippen molar-refractivity contribution in [1.29, 1.82) is 0 Å². The molecule has 0 spiro atoms. The van der Waals surface area contributed by atoms with Gasteiger partial charge in [-0.3, -0.25) is 4.90 Å². The number of hydrogen-bond acceptors (Lipinski definition) is 3. The molecule has 3 nitrogen and oxygen atoms in total. The first-order valence-electron chi connectivity index (χ1n) is 7.71. The Morgan fingerprint density at radius 1 is 1.28 bits per heavy atom. The zero-order valence-corrected chi connectivity index (χ0v) is 12.9. The lowest BCUT2D eigenvalue weighted by molar-refractivity contribution is 0.0147.